The van der Waals surface area contributed by atoms with Crippen LogP contribution < -0.4 is 10.5 Å². The van der Waals surface area contributed by atoms with E-state index in [2.05, 4.69) is 34.8 Å². The Hall–Kier alpha value is -0.840. The van der Waals surface area contributed by atoms with Crippen LogP contribution in [-0.2, 0) is 6.54 Å². The molecule has 5 heteroatoms. The van der Waals surface area contributed by atoms with Crippen LogP contribution in [0.3, 0.4) is 0 Å². The van der Waals surface area contributed by atoms with Crippen molar-refractivity contribution in [3.05, 3.63) is 22.7 Å². The van der Waals surface area contributed by atoms with E-state index in [0.717, 1.165) is 11.9 Å². The second kappa shape index (κ2) is 6.03. The molecule has 90 valence electrons. The third kappa shape index (κ3) is 2.84. The molecule has 1 rings (SSSR count). The van der Waals surface area contributed by atoms with E-state index in [1.54, 1.807) is 17.0 Å². The number of nitrogens with zero attached hydrogens (tertiary/aromatic N) is 3. The second-order valence-corrected chi connectivity index (χ2v) is 4.61. The maximum Gasteiger partial charge on any atom is 0.293 e. The number of aryl methyl sites for hydroxylation is 1. The lowest BCUT2D eigenvalue weighted by atomic mass is 10.3. The molecule has 0 aliphatic carbocycles. The maximum absolute atomic E-state index is 12.1. The molecule has 0 aromatic carbocycles. The van der Waals surface area contributed by atoms with Gasteiger partial charge in [0.05, 0.1) is 0 Å². The zero-order valence-electron chi connectivity index (χ0n) is 9.98. The number of rotatable bonds is 5. The number of hydrogen-bond donors (Lipinski definition) is 0. The first kappa shape index (κ1) is 13.2. The van der Waals surface area contributed by atoms with Gasteiger partial charge in [-0.1, -0.05) is 15.9 Å². The highest BCUT2D eigenvalue weighted by Gasteiger charge is 2.15. The largest absolute Gasteiger partial charge is 0.349 e. The molecule has 0 aliphatic rings. The average molecular weight is 288 g/mol. The molecule has 0 spiro atoms. The molecular formula is C11H18BrN3O. The summed E-state index contributed by atoms with van der Waals surface area (Å²) in [6.45, 7) is 7.54. The molecule has 0 N–H and O–H groups in total. The summed E-state index contributed by atoms with van der Waals surface area (Å²) in [6, 6.07) is 0.269. The number of aromatic nitrogens is 2. The van der Waals surface area contributed by atoms with Crippen molar-refractivity contribution in [1.29, 1.82) is 0 Å². The van der Waals surface area contributed by atoms with E-state index in [1.807, 2.05) is 11.8 Å². The van der Waals surface area contributed by atoms with Gasteiger partial charge in [-0.15, -0.1) is 0 Å². The monoisotopic (exact) mass is 287 g/mol. The van der Waals surface area contributed by atoms with Crippen molar-refractivity contribution in [1.82, 2.24) is 9.55 Å². The predicted molar refractivity (Wildman–Crippen MR) is 70.4 cm³/mol. The standard InChI is InChI=1S/C11H18BrN3O/c1-4-14-8-6-13-10(11(14)16)15(7-5-12)9(2)3/h6,8-9H,4-5,7H2,1-3H3. The minimum Gasteiger partial charge on any atom is -0.349 e. The van der Waals surface area contributed by atoms with Crippen LogP contribution in [0.4, 0.5) is 5.82 Å². The van der Waals surface area contributed by atoms with Crippen LogP contribution in [0.15, 0.2) is 17.2 Å². The third-order valence-electron chi connectivity index (χ3n) is 2.46. The second-order valence-electron chi connectivity index (χ2n) is 3.82. The van der Waals surface area contributed by atoms with E-state index in [9.17, 15) is 4.79 Å². The van der Waals surface area contributed by atoms with Gasteiger partial charge in [0.2, 0.25) is 0 Å². The molecule has 0 amide bonds. The molecule has 1 aromatic heterocycles. The Balaban J connectivity index is 3.14. The Morgan fingerprint density at radius 3 is 2.75 bits per heavy atom. The molecule has 1 aromatic rings. The minimum absolute atomic E-state index is 0.0142. The van der Waals surface area contributed by atoms with Crippen molar-refractivity contribution in [2.45, 2.75) is 33.4 Å². The highest BCUT2D eigenvalue weighted by molar-refractivity contribution is 9.09. The van der Waals surface area contributed by atoms with E-state index in [1.165, 1.54) is 0 Å². The summed E-state index contributed by atoms with van der Waals surface area (Å²) in [5.74, 6) is 0.541. The maximum atomic E-state index is 12.1. The summed E-state index contributed by atoms with van der Waals surface area (Å²) >= 11 is 3.40. The normalized spacial score (nSPS) is 10.8. The number of halogens is 1. The lowest BCUT2D eigenvalue weighted by Gasteiger charge is -2.26. The van der Waals surface area contributed by atoms with Crippen LogP contribution in [0.25, 0.3) is 0 Å². The number of alkyl halides is 1. The molecule has 0 fully saturated rings. The van der Waals surface area contributed by atoms with Crippen LogP contribution >= 0.6 is 15.9 Å². The lowest BCUT2D eigenvalue weighted by molar-refractivity contribution is 0.662. The first-order valence-electron chi connectivity index (χ1n) is 5.49. The van der Waals surface area contributed by atoms with Crippen LogP contribution in [-0.4, -0.2) is 27.5 Å². The summed E-state index contributed by atoms with van der Waals surface area (Å²) in [6.07, 6.45) is 3.41. The molecule has 0 radical (unpaired) electrons. The van der Waals surface area contributed by atoms with Gasteiger partial charge in [0.25, 0.3) is 5.56 Å². The van der Waals surface area contributed by atoms with Crippen molar-refractivity contribution in [3.8, 4) is 0 Å². The highest BCUT2D eigenvalue weighted by Crippen LogP contribution is 2.08. The molecule has 4 nitrogen and oxygen atoms in total. The van der Waals surface area contributed by atoms with Gasteiger partial charge in [0.1, 0.15) is 0 Å². The number of anilines is 1. The molecule has 0 unspecified atom stereocenters. The van der Waals surface area contributed by atoms with Gasteiger partial charge in [-0.05, 0) is 20.8 Å². The van der Waals surface area contributed by atoms with Crippen LogP contribution in [0.1, 0.15) is 20.8 Å². The third-order valence-corrected chi connectivity index (χ3v) is 2.81. The van der Waals surface area contributed by atoms with Gasteiger partial charge < -0.3 is 9.47 Å². The van der Waals surface area contributed by atoms with E-state index in [-0.39, 0.29) is 11.6 Å². The van der Waals surface area contributed by atoms with Crippen molar-refractivity contribution in [2.24, 2.45) is 0 Å². The topological polar surface area (TPSA) is 38.1 Å². The molecule has 16 heavy (non-hydrogen) atoms. The van der Waals surface area contributed by atoms with Crippen LogP contribution in [0, 0.1) is 0 Å². The Labute approximate surface area is 104 Å². The fraction of sp³-hybridized carbons (Fsp3) is 0.636. The van der Waals surface area contributed by atoms with Crippen molar-refractivity contribution in [3.63, 3.8) is 0 Å². The minimum atomic E-state index is -0.0142. The summed E-state index contributed by atoms with van der Waals surface area (Å²) in [7, 11) is 0. The molecule has 0 atom stereocenters. The predicted octanol–water partition coefficient (Wildman–Crippen LogP) is 1.87. The Morgan fingerprint density at radius 1 is 1.56 bits per heavy atom. The smallest absolute Gasteiger partial charge is 0.293 e. The zero-order valence-corrected chi connectivity index (χ0v) is 11.6. The average Bonchev–Trinajstić information content (AvgIpc) is 2.26. The van der Waals surface area contributed by atoms with Gasteiger partial charge in [-0.3, -0.25) is 4.79 Å². The van der Waals surface area contributed by atoms with E-state index in [0.29, 0.717) is 12.4 Å². The molecule has 0 bridgehead atoms. The first-order chi connectivity index (χ1) is 7.61. The van der Waals surface area contributed by atoms with Crippen molar-refractivity contribution >= 4 is 21.7 Å². The van der Waals surface area contributed by atoms with E-state index < -0.39 is 0 Å². The summed E-state index contributed by atoms with van der Waals surface area (Å²) < 4.78 is 1.67. The Morgan fingerprint density at radius 2 is 2.25 bits per heavy atom. The lowest BCUT2D eigenvalue weighted by Crippen LogP contribution is -2.39. The SMILES string of the molecule is CCn1ccnc(N(CCBr)C(C)C)c1=O. The highest BCUT2D eigenvalue weighted by atomic mass is 79.9. The van der Waals surface area contributed by atoms with Crippen molar-refractivity contribution in [2.75, 3.05) is 16.8 Å². The number of hydrogen-bond acceptors (Lipinski definition) is 3. The van der Waals surface area contributed by atoms with Gasteiger partial charge in [-0.2, -0.15) is 0 Å². The fourth-order valence-corrected chi connectivity index (χ4v) is 1.96. The molecule has 1 heterocycles. The summed E-state index contributed by atoms with van der Waals surface area (Å²) in [5.41, 5.74) is -0.0142. The van der Waals surface area contributed by atoms with E-state index in [4.69, 9.17) is 0 Å². The first-order valence-corrected chi connectivity index (χ1v) is 6.62. The molecule has 0 saturated carbocycles. The van der Waals surface area contributed by atoms with Gasteiger partial charge in [-0.25, -0.2) is 4.98 Å². The van der Waals surface area contributed by atoms with E-state index >= 15 is 0 Å². The van der Waals surface area contributed by atoms with Crippen LogP contribution in [0.2, 0.25) is 0 Å². The molecular weight excluding hydrogens is 270 g/mol. The van der Waals surface area contributed by atoms with Gasteiger partial charge in [0.15, 0.2) is 5.82 Å². The van der Waals surface area contributed by atoms with Gasteiger partial charge in [0, 0.05) is 36.9 Å². The zero-order chi connectivity index (χ0) is 12.1. The molecule has 0 saturated heterocycles. The Kier molecular flexibility index (Phi) is 4.99. The van der Waals surface area contributed by atoms with Crippen LogP contribution in [0.5, 0.6) is 0 Å². The van der Waals surface area contributed by atoms with Gasteiger partial charge >= 0.3 is 0 Å². The van der Waals surface area contributed by atoms with Crippen molar-refractivity contribution < 1.29 is 0 Å². The fourth-order valence-electron chi connectivity index (χ4n) is 1.58. The summed E-state index contributed by atoms with van der Waals surface area (Å²) in [5, 5.41) is 0.827. The summed E-state index contributed by atoms with van der Waals surface area (Å²) in [4.78, 5) is 18.3. The molecule has 0 aliphatic heterocycles. The quantitative estimate of drug-likeness (QED) is 0.776. The Bertz CT molecular complexity index is 389.